The summed E-state index contributed by atoms with van der Waals surface area (Å²) < 4.78 is 7.66. The number of ether oxygens (including phenoxy) is 1. The van der Waals surface area contributed by atoms with Gasteiger partial charge in [0.25, 0.3) is 0 Å². The molecule has 0 amide bonds. The second-order valence-electron chi connectivity index (χ2n) is 3.75. The van der Waals surface area contributed by atoms with Crippen LogP contribution in [0.2, 0.25) is 0 Å². The third-order valence-corrected chi connectivity index (χ3v) is 3.15. The third kappa shape index (κ3) is 2.29. The first kappa shape index (κ1) is 10.0. The smallest absolute Gasteiger partial charge is 0.157 e. The monoisotopic (exact) mass is 258 g/mol. The molecular weight excluding hydrogens is 244 g/mol. The summed E-state index contributed by atoms with van der Waals surface area (Å²) in [4.78, 5) is 0.651. The summed E-state index contributed by atoms with van der Waals surface area (Å²) in [5.41, 5.74) is 0. The number of hydrogen-bond acceptors (Lipinski definition) is 2. The lowest BCUT2D eigenvalue weighted by molar-refractivity contribution is 0.128. The van der Waals surface area contributed by atoms with Crippen molar-refractivity contribution in [3.05, 3.63) is 12.4 Å². The molecule has 14 heavy (non-hydrogen) atoms. The molecule has 1 heterocycles. The molecular formula is C10H15BrN2O. The molecule has 2 rings (SSSR count). The van der Waals surface area contributed by atoms with E-state index < -0.39 is 0 Å². The predicted molar refractivity (Wildman–Crippen MR) is 58.9 cm³/mol. The molecule has 0 atom stereocenters. The van der Waals surface area contributed by atoms with E-state index in [2.05, 4.69) is 28.0 Å². The topological polar surface area (TPSA) is 27.1 Å². The second kappa shape index (κ2) is 4.34. The van der Waals surface area contributed by atoms with Crippen molar-refractivity contribution in [2.45, 2.75) is 43.7 Å². The van der Waals surface area contributed by atoms with E-state index >= 15 is 0 Å². The number of nitrogens with zero attached hydrogens (tertiary/aromatic N) is 2. The number of rotatable bonds is 4. The Bertz CT molecular complexity index is 294. The average Bonchev–Trinajstić information content (AvgIpc) is 2.51. The zero-order valence-corrected chi connectivity index (χ0v) is 9.90. The number of aryl methyl sites for hydroxylation is 1. The van der Waals surface area contributed by atoms with Gasteiger partial charge in [-0.15, -0.1) is 0 Å². The van der Waals surface area contributed by atoms with Crippen molar-refractivity contribution >= 4 is 15.9 Å². The lowest BCUT2D eigenvalue weighted by Gasteiger charge is -2.30. The molecule has 0 radical (unpaired) electrons. The summed E-state index contributed by atoms with van der Waals surface area (Å²) in [6.45, 7) is 3.11. The zero-order chi connectivity index (χ0) is 9.97. The molecule has 0 aliphatic heterocycles. The highest BCUT2D eigenvalue weighted by Gasteiger charge is 2.28. The Morgan fingerprint density at radius 1 is 1.64 bits per heavy atom. The highest BCUT2D eigenvalue weighted by molar-refractivity contribution is 9.09. The minimum Gasteiger partial charge on any atom is -0.487 e. The van der Waals surface area contributed by atoms with E-state index in [4.69, 9.17) is 4.74 Å². The van der Waals surface area contributed by atoms with E-state index in [0.717, 1.165) is 31.6 Å². The molecule has 0 aromatic carbocycles. The first-order valence-electron chi connectivity index (χ1n) is 5.11. The van der Waals surface area contributed by atoms with Crippen molar-refractivity contribution in [3.8, 4) is 5.75 Å². The summed E-state index contributed by atoms with van der Waals surface area (Å²) in [6, 6.07) is 0. The van der Waals surface area contributed by atoms with Crippen LogP contribution >= 0.6 is 15.9 Å². The highest BCUT2D eigenvalue weighted by Crippen LogP contribution is 2.30. The lowest BCUT2D eigenvalue weighted by atomic mass is 9.96. The fourth-order valence-electron chi connectivity index (χ4n) is 1.55. The first-order chi connectivity index (χ1) is 6.78. The van der Waals surface area contributed by atoms with Gasteiger partial charge in [-0.25, -0.2) is 0 Å². The molecule has 1 aromatic heterocycles. The summed E-state index contributed by atoms with van der Waals surface area (Å²) in [5, 5.41) is 4.22. The van der Waals surface area contributed by atoms with Crippen LogP contribution in [-0.4, -0.2) is 20.7 Å². The van der Waals surface area contributed by atoms with Crippen molar-refractivity contribution in [1.82, 2.24) is 9.78 Å². The summed E-state index contributed by atoms with van der Waals surface area (Å²) >= 11 is 3.54. The molecule has 3 nitrogen and oxygen atoms in total. The normalized spacial score (nSPS) is 25.9. The highest BCUT2D eigenvalue weighted by atomic mass is 79.9. The number of alkyl halides is 1. The van der Waals surface area contributed by atoms with Gasteiger partial charge >= 0.3 is 0 Å². The molecule has 0 bridgehead atoms. The van der Waals surface area contributed by atoms with Gasteiger partial charge in [0, 0.05) is 11.4 Å². The summed E-state index contributed by atoms with van der Waals surface area (Å²) in [6.07, 6.45) is 7.49. The molecule has 1 saturated carbocycles. The number of halogens is 1. The molecule has 1 aliphatic rings. The summed E-state index contributed by atoms with van der Waals surface area (Å²) in [5.74, 6) is 0.905. The zero-order valence-electron chi connectivity index (χ0n) is 8.32. The standard InChI is InChI=1S/C10H15BrN2O/c1-2-3-13-7-10(6-12-13)14-9-4-8(11)5-9/h6-9H,2-5H2,1H3. The Morgan fingerprint density at radius 3 is 3.07 bits per heavy atom. The predicted octanol–water partition coefficient (Wildman–Crippen LogP) is 2.60. The maximum absolute atomic E-state index is 5.73. The molecule has 0 N–H and O–H groups in total. The van der Waals surface area contributed by atoms with Gasteiger partial charge in [-0.1, -0.05) is 22.9 Å². The third-order valence-electron chi connectivity index (χ3n) is 2.40. The Morgan fingerprint density at radius 2 is 2.43 bits per heavy atom. The molecule has 1 aromatic rings. The van der Waals surface area contributed by atoms with Gasteiger partial charge in [0.1, 0.15) is 6.10 Å². The van der Waals surface area contributed by atoms with Crippen molar-refractivity contribution in [1.29, 1.82) is 0 Å². The minimum absolute atomic E-state index is 0.388. The largest absolute Gasteiger partial charge is 0.487 e. The van der Waals surface area contributed by atoms with Gasteiger partial charge in [-0.2, -0.15) is 5.10 Å². The molecule has 0 spiro atoms. The van der Waals surface area contributed by atoms with Crippen LogP contribution in [-0.2, 0) is 6.54 Å². The van der Waals surface area contributed by atoms with E-state index in [0.29, 0.717) is 10.9 Å². The van der Waals surface area contributed by atoms with Crippen molar-refractivity contribution < 1.29 is 4.74 Å². The van der Waals surface area contributed by atoms with E-state index in [1.807, 2.05) is 10.9 Å². The Balaban J connectivity index is 1.84. The molecule has 78 valence electrons. The summed E-state index contributed by atoms with van der Waals surface area (Å²) in [7, 11) is 0. The molecule has 0 saturated heterocycles. The van der Waals surface area contributed by atoms with Crippen molar-refractivity contribution in [2.24, 2.45) is 0 Å². The van der Waals surface area contributed by atoms with Crippen LogP contribution in [0.3, 0.4) is 0 Å². The fourth-order valence-corrected chi connectivity index (χ4v) is 2.38. The van der Waals surface area contributed by atoms with E-state index in [1.165, 1.54) is 0 Å². The minimum atomic E-state index is 0.388. The average molecular weight is 259 g/mol. The van der Waals surface area contributed by atoms with Gasteiger partial charge in [0.05, 0.1) is 12.4 Å². The van der Waals surface area contributed by atoms with Crippen LogP contribution in [0.25, 0.3) is 0 Å². The molecule has 0 unspecified atom stereocenters. The Kier molecular flexibility index (Phi) is 3.11. The van der Waals surface area contributed by atoms with Gasteiger partial charge in [0.2, 0.25) is 0 Å². The van der Waals surface area contributed by atoms with Crippen LogP contribution in [0.1, 0.15) is 26.2 Å². The van der Waals surface area contributed by atoms with E-state index in [-0.39, 0.29) is 0 Å². The Labute approximate surface area is 92.6 Å². The van der Waals surface area contributed by atoms with Gasteiger partial charge in [-0.3, -0.25) is 4.68 Å². The van der Waals surface area contributed by atoms with Crippen LogP contribution in [0.5, 0.6) is 5.75 Å². The van der Waals surface area contributed by atoms with Crippen LogP contribution in [0.4, 0.5) is 0 Å². The number of hydrogen-bond donors (Lipinski definition) is 0. The molecule has 1 fully saturated rings. The van der Waals surface area contributed by atoms with Crippen LogP contribution in [0.15, 0.2) is 12.4 Å². The van der Waals surface area contributed by atoms with Crippen molar-refractivity contribution in [2.75, 3.05) is 0 Å². The van der Waals surface area contributed by atoms with Crippen LogP contribution < -0.4 is 4.74 Å². The van der Waals surface area contributed by atoms with Crippen LogP contribution in [0, 0.1) is 0 Å². The maximum Gasteiger partial charge on any atom is 0.157 e. The van der Waals surface area contributed by atoms with E-state index in [1.54, 1.807) is 6.20 Å². The van der Waals surface area contributed by atoms with Gasteiger partial charge < -0.3 is 4.74 Å². The van der Waals surface area contributed by atoms with Gasteiger partial charge in [0.15, 0.2) is 5.75 Å². The molecule has 4 heteroatoms. The number of aromatic nitrogens is 2. The molecule has 1 aliphatic carbocycles. The quantitative estimate of drug-likeness (QED) is 0.777. The fraction of sp³-hybridized carbons (Fsp3) is 0.700. The second-order valence-corrected chi connectivity index (χ2v) is 5.04. The Hall–Kier alpha value is -0.510. The maximum atomic E-state index is 5.73. The van der Waals surface area contributed by atoms with Gasteiger partial charge in [-0.05, 0) is 19.3 Å². The van der Waals surface area contributed by atoms with E-state index in [9.17, 15) is 0 Å². The lowest BCUT2D eigenvalue weighted by Crippen LogP contribution is -2.33. The van der Waals surface area contributed by atoms with Crippen molar-refractivity contribution in [3.63, 3.8) is 0 Å². The SMILES string of the molecule is CCCn1cc(OC2CC(Br)C2)cn1. The first-order valence-corrected chi connectivity index (χ1v) is 6.02.